The molecule has 0 radical (unpaired) electrons. The number of amides is 2. The van der Waals surface area contributed by atoms with Crippen LogP contribution in [0.15, 0.2) is 36.9 Å². The maximum Gasteiger partial charge on any atom is 0.323 e. The second-order valence-electron chi connectivity index (χ2n) is 8.30. The minimum atomic E-state index is -0.162. The van der Waals surface area contributed by atoms with Crippen molar-refractivity contribution in [1.82, 2.24) is 19.9 Å². The predicted octanol–water partition coefficient (Wildman–Crippen LogP) is 4.30. The lowest BCUT2D eigenvalue weighted by Gasteiger charge is -2.31. The molecule has 1 saturated carbocycles. The molecule has 166 valence electrons. The molecule has 0 bridgehead atoms. The molecule has 3 heterocycles. The van der Waals surface area contributed by atoms with E-state index in [0.29, 0.717) is 24.8 Å². The molecule has 0 aromatic carbocycles. The van der Waals surface area contributed by atoms with Crippen LogP contribution in [-0.2, 0) is 0 Å². The van der Waals surface area contributed by atoms with Crippen molar-refractivity contribution in [3.63, 3.8) is 0 Å². The van der Waals surface area contributed by atoms with Crippen LogP contribution < -0.4 is 14.8 Å². The Kier molecular flexibility index (Phi) is 7.52. The molecule has 0 atom stereocenters. The van der Waals surface area contributed by atoms with Gasteiger partial charge in [0, 0.05) is 50.6 Å². The number of carbonyl (C=O) groups is 1. The summed E-state index contributed by atoms with van der Waals surface area (Å²) in [5, 5.41) is 2.77. The lowest BCUT2D eigenvalue weighted by Crippen LogP contribution is -2.43. The lowest BCUT2D eigenvalue weighted by atomic mass is 9.87. The van der Waals surface area contributed by atoms with Gasteiger partial charge in [-0.05, 0) is 18.4 Å². The van der Waals surface area contributed by atoms with Gasteiger partial charge < -0.3 is 14.4 Å². The molecule has 2 aliphatic rings. The van der Waals surface area contributed by atoms with Crippen molar-refractivity contribution in [2.75, 3.05) is 25.0 Å². The van der Waals surface area contributed by atoms with Gasteiger partial charge in [-0.2, -0.15) is 0 Å². The monoisotopic (exact) mass is 425 g/mol. The van der Waals surface area contributed by atoms with Crippen molar-refractivity contribution < 1.29 is 14.3 Å². The molecule has 2 aromatic heterocycles. The van der Waals surface area contributed by atoms with Crippen LogP contribution in [0.4, 0.5) is 10.6 Å². The first-order chi connectivity index (χ1) is 15.3. The number of pyridine rings is 1. The van der Waals surface area contributed by atoms with Crippen LogP contribution in [0.1, 0.15) is 51.4 Å². The fraction of sp³-hybridized carbons (Fsp3) is 0.565. The number of ether oxygens (including phenoxy) is 2. The molecule has 1 aliphatic heterocycles. The summed E-state index contributed by atoms with van der Waals surface area (Å²) in [4.78, 5) is 26.5. The third kappa shape index (κ3) is 6.54. The summed E-state index contributed by atoms with van der Waals surface area (Å²) in [5.74, 6) is 2.65. The smallest absolute Gasteiger partial charge is 0.323 e. The Morgan fingerprint density at radius 1 is 1.06 bits per heavy atom. The van der Waals surface area contributed by atoms with E-state index in [1.807, 2.05) is 12.1 Å². The first-order valence-corrected chi connectivity index (χ1v) is 11.3. The fourth-order valence-electron chi connectivity index (χ4n) is 4.26. The van der Waals surface area contributed by atoms with Gasteiger partial charge in [-0.3, -0.25) is 10.3 Å². The number of hydrogen-bond acceptors (Lipinski definition) is 6. The Morgan fingerprint density at radius 3 is 2.68 bits per heavy atom. The second-order valence-corrected chi connectivity index (χ2v) is 8.30. The van der Waals surface area contributed by atoms with E-state index in [0.717, 1.165) is 37.5 Å². The molecular formula is C23H31N5O3. The summed E-state index contributed by atoms with van der Waals surface area (Å²) >= 11 is 0. The quantitative estimate of drug-likeness (QED) is 0.712. The highest BCUT2D eigenvalue weighted by atomic mass is 16.5. The number of nitrogens with one attached hydrogen (secondary N) is 1. The molecule has 0 unspecified atom stereocenters. The van der Waals surface area contributed by atoms with E-state index in [1.165, 1.54) is 38.3 Å². The van der Waals surface area contributed by atoms with Crippen molar-refractivity contribution in [2.24, 2.45) is 5.92 Å². The highest BCUT2D eigenvalue weighted by molar-refractivity contribution is 5.88. The number of hydrogen-bond donors (Lipinski definition) is 1. The summed E-state index contributed by atoms with van der Waals surface area (Å²) in [7, 11) is 0. The van der Waals surface area contributed by atoms with Crippen LogP contribution in [0, 0.1) is 5.92 Å². The van der Waals surface area contributed by atoms with Gasteiger partial charge in [-0.1, -0.05) is 32.1 Å². The molecular weight excluding hydrogens is 394 g/mol. The van der Waals surface area contributed by atoms with Crippen molar-refractivity contribution in [1.29, 1.82) is 0 Å². The second kappa shape index (κ2) is 10.9. The van der Waals surface area contributed by atoms with Gasteiger partial charge in [0.05, 0.1) is 12.8 Å². The van der Waals surface area contributed by atoms with Crippen LogP contribution in [-0.4, -0.2) is 51.7 Å². The van der Waals surface area contributed by atoms with Crippen molar-refractivity contribution in [3.8, 4) is 11.6 Å². The number of piperidine rings is 1. The third-order valence-corrected chi connectivity index (χ3v) is 6.04. The number of aromatic nitrogens is 3. The Balaban J connectivity index is 1.19. The van der Waals surface area contributed by atoms with Crippen molar-refractivity contribution >= 4 is 11.8 Å². The molecule has 1 N–H and O–H groups in total. The van der Waals surface area contributed by atoms with Crippen LogP contribution in [0.25, 0.3) is 0 Å². The van der Waals surface area contributed by atoms with Gasteiger partial charge in [-0.25, -0.2) is 14.8 Å². The first kappa shape index (κ1) is 21.3. The van der Waals surface area contributed by atoms with E-state index >= 15 is 0 Å². The number of nitrogens with zero attached hydrogens (tertiary/aromatic N) is 4. The predicted molar refractivity (Wildman–Crippen MR) is 117 cm³/mol. The van der Waals surface area contributed by atoms with E-state index in [2.05, 4.69) is 20.3 Å². The fourth-order valence-corrected chi connectivity index (χ4v) is 4.26. The molecule has 2 fully saturated rings. The van der Waals surface area contributed by atoms with Gasteiger partial charge in [0.15, 0.2) is 5.82 Å². The summed E-state index contributed by atoms with van der Waals surface area (Å²) < 4.78 is 12.0. The molecule has 8 heteroatoms. The van der Waals surface area contributed by atoms with E-state index in [4.69, 9.17) is 9.47 Å². The number of carbonyl (C=O) groups excluding carboxylic acids is 1. The lowest BCUT2D eigenvalue weighted by molar-refractivity contribution is 0.111. The van der Waals surface area contributed by atoms with Crippen LogP contribution in [0.3, 0.4) is 0 Å². The number of likely N-dealkylation sites (tertiary alicyclic amines) is 1. The molecule has 2 amide bonds. The van der Waals surface area contributed by atoms with Crippen molar-refractivity contribution in [3.05, 3.63) is 36.9 Å². The largest absolute Gasteiger partial charge is 0.493 e. The average molecular weight is 426 g/mol. The van der Waals surface area contributed by atoms with Crippen LogP contribution >= 0.6 is 0 Å². The molecule has 2 aromatic rings. The number of rotatable bonds is 7. The van der Waals surface area contributed by atoms with Gasteiger partial charge in [0.2, 0.25) is 5.88 Å². The highest BCUT2D eigenvalue weighted by Gasteiger charge is 2.24. The van der Waals surface area contributed by atoms with E-state index in [9.17, 15) is 4.79 Å². The van der Waals surface area contributed by atoms with Crippen LogP contribution in [0.5, 0.6) is 11.6 Å². The Morgan fingerprint density at radius 2 is 1.90 bits per heavy atom. The zero-order valence-corrected chi connectivity index (χ0v) is 17.9. The average Bonchev–Trinajstić information content (AvgIpc) is 2.81. The van der Waals surface area contributed by atoms with Gasteiger partial charge in [-0.15, -0.1) is 0 Å². The molecule has 4 rings (SSSR count). The van der Waals surface area contributed by atoms with Gasteiger partial charge in [0.25, 0.3) is 0 Å². The SMILES string of the molecule is O=C(Nc1cnccn1)N1CCC(Oc2cc(OCCC3CCCCC3)ccn2)CC1. The first-order valence-electron chi connectivity index (χ1n) is 11.3. The topological polar surface area (TPSA) is 89.5 Å². The third-order valence-electron chi connectivity index (χ3n) is 6.04. The van der Waals surface area contributed by atoms with E-state index < -0.39 is 0 Å². The zero-order chi connectivity index (χ0) is 21.3. The summed E-state index contributed by atoms with van der Waals surface area (Å²) in [6, 6.07) is 3.59. The Bertz CT molecular complexity index is 821. The zero-order valence-electron chi connectivity index (χ0n) is 17.9. The molecule has 1 aliphatic carbocycles. The van der Waals surface area contributed by atoms with E-state index in [-0.39, 0.29) is 12.1 Å². The minimum Gasteiger partial charge on any atom is -0.493 e. The van der Waals surface area contributed by atoms with Gasteiger partial charge in [0.1, 0.15) is 11.9 Å². The number of urea groups is 1. The maximum absolute atomic E-state index is 12.4. The minimum absolute atomic E-state index is 0.0329. The Hall–Kier alpha value is -2.90. The van der Waals surface area contributed by atoms with Gasteiger partial charge >= 0.3 is 6.03 Å². The number of anilines is 1. The standard InChI is InChI=1S/C23H31N5O3/c29-23(27-21-17-24-11-12-25-21)28-13-7-19(8-14-28)31-22-16-20(6-10-26-22)30-15-9-18-4-2-1-3-5-18/h6,10-12,16-19H,1-5,7-9,13-15H2,(H,25,27,29). The van der Waals surface area contributed by atoms with Crippen molar-refractivity contribution in [2.45, 2.75) is 57.5 Å². The molecule has 8 nitrogen and oxygen atoms in total. The summed E-state index contributed by atoms with van der Waals surface area (Å²) in [5.41, 5.74) is 0. The molecule has 0 spiro atoms. The van der Waals surface area contributed by atoms with E-state index in [1.54, 1.807) is 23.5 Å². The highest BCUT2D eigenvalue weighted by Crippen LogP contribution is 2.27. The summed E-state index contributed by atoms with van der Waals surface area (Å²) in [6.45, 7) is 1.98. The normalized spacial score (nSPS) is 17.9. The molecule has 31 heavy (non-hydrogen) atoms. The maximum atomic E-state index is 12.4. The summed E-state index contributed by atoms with van der Waals surface area (Å²) in [6.07, 6.45) is 15.8. The Labute approximate surface area is 183 Å². The van der Waals surface area contributed by atoms with Crippen LogP contribution in [0.2, 0.25) is 0 Å². The molecule has 1 saturated heterocycles.